The van der Waals surface area contributed by atoms with Gasteiger partial charge in [0.15, 0.2) is 0 Å². The molecule has 0 aromatic carbocycles. The first-order valence-corrected chi connectivity index (χ1v) is 7.87. The van der Waals surface area contributed by atoms with E-state index in [2.05, 4.69) is 33.0 Å². The third-order valence-electron chi connectivity index (χ3n) is 4.71. The van der Waals surface area contributed by atoms with Crippen molar-refractivity contribution < 1.29 is 4.79 Å². The van der Waals surface area contributed by atoms with Crippen molar-refractivity contribution in [1.82, 2.24) is 10.2 Å². The van der Waals surface area contributed by atoms with Gasteiger partial charge >= 0.3 is 0 Å². The van der Waals surface area contributed by atoms with E-state index in [0.29, 0.717) is 5.92 Å². The summed E-state index contributed by atoms with van der Waals surface area (Å²) in [5, 5.41) is 3.43. The molecule has 0 aromatic heterocycles. The van der Waals surface area contributed by atoms with Crippen LogP contribution in [0.5, 0.6) is 0 Å². The van der Waals surface area contributed by atoms with Crippen molar-refractivity contribution in [2.24, 2.45) is 11.3 Å². The molecule has 0 aliphatic carbocycles. The maximum Gasteiger partial charge on any atom is 0.239 e. The fraction of sp³-hybridized carbons (Fsp3) is 0.938. The SMILES string of the molecule is CC(NCC(C)(C)C(C)C)C(=O)N1CCCCCC1. The van der Waals surface area contributed by atoms with Crippen molar-refractivity contribution in [1.29, 1.82) is 0 Å². The number of rotatable bonds is 5. The Balaban J connectivity index is 2.43. The number of hydrogen-bond acceptors (Lipinski definition) is 2. The highest BCUT2D eigenvalue weighted by atomic mass is 16.2. The summed E-state index contributed by atoms with van der Waals surface area (Å²) in [5.74, 6) is 0.891. The number of carbonyl (C=O) groups is 1. The average molecular weight is 268 g/mol. The molecule has 1 N–H and O–H groups in total. The summed E-state index contributed by atoms with van der Waals surface area (Å²) in [6.45, 7) is 13.8. The molecule has 0 saturated carbocycles. The largest absolute Gasteiger partial charge is 0.341 e. The van der Waals surface area contributed by atoms with E-state index < -0.39 is 0 Å². The van der Waals surface area contributed by atoms with E-state index in [-0.39, 0.29) is 17.4 Å². The molecule has 1 amide bonds. The lowest BCUT2D eigenvalue weighted by molar-refractivity contribution is -0.133. The first-order chi connectivity index (χ1) is 8.84. The summed E-state index contributed by atoms with van der Waals surface area (Å²) in [5.41, 5.74) is 0.229. The Kier molecular flexibility index (Phi) is 6.31. The van der Waals surface area contributed by atoms with Gasteiger partial charge in [0.2, 0.25) is 5.91 Å². The zero-order valence-electron chi connectivity index (χ0n) is 13.5. The summed E-state index contributed by atoms with van der Waals surface area (Å²) in [4.78, 5) is 14.4. The van der Waals surface area contributed by atoms with Crippen LogP contribution in [0.1, 0.15) is 60.3 Å². The molecule has 0 bridgehead atoms. The number of hydrogen-bond donors (Lipinski definition) is 1. The second kappa shape index (κ2) is 7.28. The van der Waals surface area contributed by atoms with Crippen LogP contribution in [0.3, 0.4) is 0 Å². The molecule has 1 atom stereocenters. The van der Waals surface area contributed by atoms with Crippen LogP contribution < -0.4 is 5.32 Å². The molecule has 1 heterocycles. The second-order valence-electron chi connectivity index (χ2n) is 6.99. The molecule has 1 aliphatic rings. The van der Waals surface area contributed by atoms with Crippen LogP contribution >= 0.6 is 0 Å². The van der Waals surface area contributed by atoms with Crippen molar-refractivity contribution in [3.05, 3.63) is 0 Å². The highest BCUT2D eigenvalue weighted by Gasteiger charge is 2.26. The van der Waals surface area contributed by atoms with Crippen molar-refractivity contribution in [2.75, 3.05) is 19.6 Å². The molecule has 3 heteroatoms. The molecule has 1 saturated heterocycles. The molecule has 0 aromatic rings. The van der Waals surface area contributed by atoms with Crippen LogP contribution in [0.2, 0.25) is 0 Å². The van der Waals surface area contributed by atoms with Crippen molar-refractivity contribution in [3.63, 3.8) is 0 Å². The summed E-state index contributed by atoms with van der Waals surface area (Å²) in [6.07, 6.45) is 4.86. The number of nitrogens with one attached hydrogen (secondary N) is 1. The quantitative estimate of drug-likeness (QED) is 0.831. The molecule has 3 nitrogen and oxygen atoms in total. The van der Waals surface area contributed by atoms with E-state index in [9.17, 15) is 4.79 Å². The Morgan fingerprint density at radius 3 is 2.11 bits per heavy atom. The van der Waals surface area contributed by atoms with Crippen LogP contribution in [-0.2, 0) is 4.79 Å². The summed E-state index contributed by atoms with van der Waals surface area (Å²) in [6, 6.07) is -0.0591. The number of amides is 1. The number of likely N-dealkylation sites (tertiary alicyclic amines) is 1. The minimum absolute atomic E-state index is 0.0591. The van der Waals surface area contributed by atoms with Gasteiger partial charge in [-0.05, 0) is 31.1 Å². The normalized spacial score (nSPS) is 19.4. The molecule has 1 rings (SSSR count). The Morgan fingerprint density at radius 2 is 1.63 bits per heavy atom. The second-order valence-corrected chi connectivity index (χ2v) is 6.99. The van der Waals surface area contributed by atoms with Crippen LogP contribution in [0.4, 0.5) is 0 Å². The predicted molar refractivity (Wildman–Crippen MR) is 81.1 cm³/mol. The first-order valence-electron chi connectivity index (χ1n) is 7.87. The Bertz CT molecular complexity index is 278. The van der Waals surface area contributed by atoms with E-state index >= 15 is 0 Å². The monoisotopic (exact) mass is 268 g/mol. The summed E-state index contributed by atoms with van der Waals surface area (Å²) in [7, 11) is 0. The molecular weight excluding hydrogens is 236 g/mol. The molecule has 112 valence electrons. The average Bonchev–Trinajstić information content (AvgIpc) is 2.63. The van der Waals surface area contributed by atoms with Gasteiger partial charge in [-0.1, -0.05) is 40.5 Å². The van der Waals surface area contributed by atoms with Gasteiger partial charge in [0.1, 0.15) is 0 Å². The van der Waals surface area contributed by atoms with Gasteiger partial charge < -0.3 is 10.2 Å². The lowest BCUT2D eigenvalue weighted by Crippen LogP contribution is -2.48. The van der Waals surface area contributed by atoms with E-state index in [0.717, 1.165) is 32.5 Å². The van der Waals surface area contributed by atoms with Gasteiger partial charge in [0.05, 0.1) is 6.04 Å². The number of nitrogens with zero attached hydrogens (tertiary/aromatic N) is 1. The maximum atomic E-state index is 12.4. The highest BCUT2D eigenvalue weighted by Crippen LogP contribution is 2.24. The third-order valence-corrected chi connectivity index (χ3v) is 4.71. The van der Waals surface area contributed by atoms with Gasteiger partial charge in [-0.15, -0.1) is 0 Å². The zero-order valence-corrected chi connectivity index (χ0v) is 13.5. The first kappa shape index (κ1) is 16.5. The van der Waals surface area contributed by atoms with Gasteiger partial charge in [-0.3, -0.25) is 4.79 Å². The fourth-order valence-electron chi connectivity index (χ4n) is 2.27. The van der Waals surface area contributed by atoms with Gasteiger partial charge in [0, 0.05) is 19.6 Å². The van der Waals surface area contributed by atoms with E-state index in [1.165, 1.54) is 12.8 Å². The summed E-state index contributed by atoms with van der Waals surface area (Å²) >= 11 is 0. The molecule has 0 radical (unpaired) electrons. The van der Waals surface area contributed by atoms with Gasteiger partial charge in [0.25, 0.3) is 0 Å². The zero-order chi connectivity index (χ0) is 14.5. The Labute approximate surface area is 119 Å². The fourth-order valence-corrected chi connectivity index (χ4v) is 2.27. The van der Waals surface area contributed by atoms with Crippen LogP contribution in [0.25, 0.3) is 0 Å². The standard InChI is InChI=1S/C16H32N2O/c1-13(2)16(4,5)12-17-14(3)15(19)18-10-8-6-7-9-11-18/h13-14,17H,6-12H2,1-5H3. The maximum absolute atomic E-state index is 12.4. The van der Waals surface area contributed by atoms with Crippen LogP contribution in [0, 0.1) is 11.3 Å². The molecule has 19 heavy (non-hydrogen) atoms. The van der Waals surface area contributed by atoms with Gasteiger partial charge in [-0.2, -0.15) is 0 Å². The van der Waals surface area contributed by atoms with Crippen molar-refractivity contribution >= 4 is 5.91 Å². The predicted octanol–water partition coefficient (Wildman–Crippen LogP) is 3.05. The van der Waals surface area contributed by atoms with Crippen LogP contribution in [-0.4, -0.2) is 36.5 Å². The lowest BCUT2D eigenvalue weighted by Gasteiger charge is -2.32. The molecule has 1 aliphatic heterocycles. The molecular formula is C16H32N2O. The summed E-state index contributed by atoms with van der Waals surface area (Å²) < 4.78 is 0. The van der Waals surface area contributed by atoms with E-state index in [1.54, 1.807) is 0 Å². The highest BCUT2D eigenvalue weighted by molar-refractivity contribution is 5.81. The number of carbonyl (C=O) groups excluding carboxylic acids is 1. The Hall–Kier alpha value is -0.570. The molecule has 1 fully saturated rings. The molecule has 1 unspecified atom stereocenters. The van der Waals surface area contributed by atoms with E-state index in [1.807, 2.05) is 11.8 Å². The molecule has 0 spiro atoms. The lowest BCUT2D eigenvalue weighted by atomic mass is 9.81. The minimum atomic E-state index is -0.0591. The Morgan fingerprint density at radius 1 is 1.11 bits per heavy atom. The van der Waals surface area contributed by atoms with Gasteiger partial charge in [-0.25, -0.2) is 0 Å². The van der Waals surface area contributed by atoms with Crippen molar-refractivity contribution in [3.8, 4) is 0 Å². The topological polar surface area (TPSA) is 32.3 Å². The minimum Gasteiger partial charge on any atom is -0.341 e. The van der Waals surface area contributed by atoms with E-state index in [4.69, 9.17) is 0 Å². The smallest absolute Gasteiger partial charge is 0.239 e. The van der Waals surface area contributed by atoms with Crippen molar-refractivity contribution in [2.45, 2.75) is 66.3 Å². The third kappa shape index (κ3) is 5.13. The van der Waals surface area contributed by atoms with Crippen LogP contribution in [0.15, 0.2) is 0 Å².